The lowest BCUT2D eigenvalue weighted by atomic mass is 9.86. The summed E-state index contributed by atoms with van der Waals surface area (Å²) in [6.07, 6.45) is 23.6. The highest BCUT2D eigenvalue weighted by atomic mass is 35.5. The van der Waals surface area contributed by atoms with Crippen molar-refractivity contribution in [2.24, 2.45) is 5.92 Å². The van der Waals surface area contributed by atoms with Crippen LogP contribution in [0, 0.1) is 5.92 Å². The summed E-state index contributed by atoms with van der Waals surface area (Å²) in [5, 5.41) is 4.04. The van der Waals surface area contributed by atoms with Crippen LogP contribution in [-0.4, -0.2) is 30.2 Å². The van der Waals surface area contributed by atoms with Gasteiger partial charge in [-0.15, -0.1) is 12.4 Å². The van der Waals surface area contributed by atoms with E-state index in [1.165, 1.54) is 116 Å². The lowest BCUT2D eigenvalue weighted by Gasteiger charge is -2.47. The normalized spacial score (nSPS) is 25.8. The Balaban J connectivity index is 0.00000338. The van der Waals surface area contributed by atoms with E-state index in [1.807, 2.05) is 0 Å². The summed E-state index contributed by atoms with van der Waals surface area (Å²) in [5.41, 5.74) is 0. The van der Waals surface area contributed by atoms with Crippen LogP contribution < -0.4 is 5.32 Å². The maximum absolute atomic E-state index is 4.04. The molecule has 3 fully saturated rings. The van der Waals surface area contributed by atoms with Crippen molar-refractivity contribution in [2.75, 3.05) is 13.1 Å². The zero-order chi connectivity index (χ0) is 17.7. The van der Waals surface area contributed by atoms with Crippen LogP contribution in [0.3, 0.4) is 0 Å². The second-order valence-corrected chi connectivity index (χ2v) is 8.85. The fourth-order valence-electron chi connectivity index (χ4n) is 4.95. The highest BCUT2D eigenvalue weighted by Crippen LogP contribution is 2.31. The molecule has 3 aliphatic heterocycles. The molecular weight excluding hydrogens is 340 g/mol. The molecule has 0 aromatic carbocycles. The maximum Gasteiger partial charge on any atom is 0.0601 e. The van der Waals surface area contributed by atoms with Gasteiger partial charge in [-0.25, -0.2) is 0 Å². The minimum absolute atomic E-state index is 0. The van der Waals surface area contributed by atoms with Crippen molar-refractivity contribution in [3.8, 4) is 0 Å². The molecule has 0 radical (unpaired) electrons. The number of nitrogens with one attached hydrogen (secondary N) is 1. The maximum atomic E-state index is 4.04. The third-order valence-corrected chi connectivity index (χ3v) is 6.62. The molecule has 26 heavy (non-hydrogen) atoms. The van der Waals surface area contributed by atoms with Gasteiger partial charge >= 0.3 is 0 Å². The van der Waals surface area contributed by atoms with Crippen LogP contribution in [0.4, 0.5) is 0 Å². The summed E-state index contributed by atoms with van der Waals surface area (Å²) in [7, 11) is 0. The SMILES string of the molecule is CCCCCCCCCCCCC(CCC)NC1CC2CCN1CC2.Cl. The second-order valence-electron chi connectivity index (χ2n) is 8.85. The first kappa shape index (κ1) is 24.2. The van der Waals surface area contributed by atoms with Crippen LogP contribution in [-0.2, 0) is 0 Å². The average molecular weight is 387 g/mol. The molecule has 3 rings (SSSR count). The Bertz CT molecular complexity index is 315. The Morgan fingerprint density at radius 2 is 1.35 bits per heavy atom. The van der Waals surface area contributed by atoms with Gasteiger partial charge in [0, 0.05) is 6.04 Å². The number of nitrogens with zero attached hydrogens (tertiary/aromatic N) is 1. The van der Waals surface area contributed by atoms with E-state index in [0.717, 1.165) is 12.0 Å². The van der Waals surface area contributed by atoms with Crippen LogP contribution in [0.25, 0.3) is 0 Å². The molecule has 2 atom stereocenters. The van der Waals surface area contributed by atoms with Gasteiger partial charge in [-0.2, -0.15) is 0 Å². The molecule has 2 nitrogen and oxygen atoms in total. The highest BCUT2D eigenvalue weighted by Gasteiger charge is 2.34. The topological polar surface area (TPSA) is 15.3 Å². The van der Waals surface area contributed by atoms with Gasteiger partial charge in [0.2, 0.25) is 0 Å². The third kappa shape index (κ3) is 9.42. The summed E-state index contributed by atoms with van der Waals surface area (Å²) >= 11 is 0. The molecule has 156 valence electrons. The zero-order valence-corrected chi connectivity index (χ0v) is 18.6. The van der Waals surface area contributed by atoms with Gasteiger partial charge in [0.15, 0.2) is 0 Å². The van der Waals surface area contributed by atoms with Gasteiger partial charge < -0.3 is 0 Å². The molecule has 3 saturated heterocycles. The lowest BCUT2D eigenvalue weighted by molar-refractivity contribution is 0.0232. The fraction of sp³-hybridized carbons (Fsp3) is 1.00. The van der Waals surface area contributed by atoms with E-state index in [1.54, 1.807) is 0 Å². The first-order chi connectivity index (χ1) is 12.3. The Morgan fingerprint density at radius 1 is 0.769 bits per heavy atom. The molecule has 0 amide bonds. The molecule has 3 aliphatic rings. The van der Waals surface area contributed by atoms with Crippen molar-refractivity contribution in [3.63, 3.8) is 0 Å². The van der Waals surface area contributed by atoms with E-state index in [4.69, 9.17) is 0 Å². The molecule has 0 saturated carbocycles. The first-order valence-electron chi connectivity index (χ1n) is 11.8. The number of halogens is 1. The van der Waals surface area contributed by atoms with E-state index < -0.39 is 0 Å². The molecule has 2 unspecified atom stereocenters. The molecule has 3 heterocycles. The molecule has 0 aliphatic carbocycles. The predicted octanol–water partition coefficient (Wildman–Crippen LogP) is 6.92. The number of unbranched alkanes of at least 4 members (excludes halogenated alkanes) is 9. The number of piperidine rings is 3. The first-order valence-corrected chi connectivity index (χ1v) is 11.8. The largest absolute Gasteiger partial charge is 0.299 e. The Morgan fingerprint density at radius 3 is 1.85 bits per heavy atom. The van der Waals surface area contributed by atoms with Crippen LogP contribution in [0.1, 0.15) is 117 Å². The van der Waals surface area contributed by atoms with Gasteiger partial charge in [-0.3, -0.25) is 10.2 Å². The van der Waals surface area contributed by atoms with Gasteiger partial charge in [0.05, 0.1) is 6.17 Å². The molecule has 1 N–H and O–H groups in total. The molecular formula is C23H47ClN2. The lowest BCUT2D eigenvalue weighted by Crippen LogP contribution is -2.57. The second kappa shape index (κ2) is 15.2. The third-order valence-electron chi connectivity index (χ3n) is 6.62. The zero-order valence-electron chi connectivity index (χ0n) is 17.8. The molecule has 2 bridgehead atoms. The van der Waals surface area contributed by atoms with Crippen LogP contribution in [0.5, 0.6) is 0 Å². The van der Waals surface area contributed by atoms with Crippen LogP contribution in [0.2, 0.25) is 0 Å². The monoisotopic (exact) mass is 386 g/mol. The molecule has 3 heteroatoms. The molecule has 0 spiro atoms. The van der Waals surface area contributed by atoms with E-state index >= 15 is 0 Å². The number of hydrogen-bond acceptors (Lipinski definition) is 2. The average Bonchev–Trinajstić information content (AvgIpc) is 2.64. The number of rotatable bonds is 15. The van der Waals surface area contributed by atoms with E-state index in [2.05, 4.69) is 24.1 Å². The van der Waals surface area contributed by atoms with Gasteiger partial charge in [-0.1, -0.05) is 84.5 Å². The van der Waals surface area contributed by atoms with Crippen molar-refractivity contribution in [1.82, 2.24) is 10.2 Å². The minimum atomic E-state index is 0. The number of hydrogen-bond donors (Lipinski definition) is 1. The van der Waals surface area contributed by atoms with Crippen LogP contribution in [0.15, 0.2) is 0 Å². The van der Waals surface area contributed by atoms with Crippen molar-refractivity contribution in [3.05, 3.63) is 0 Å². The standard InChI is InChI=1S/C23H46N2.ClH/c1-3-5-6-7-8-9-10-11-12-13-15-22(14-4-2)24-23-20-21-16-18-25(23)19-17-21;/h21-24H,3-20H2,1-2H3;1H. The van der Waals surface area contributed by atoms with E-state index in [0.29, 0.717) is 6.17 Å². The van der Waals surface area contributed by atoms with Crippen molar-refractivity contribution >= 4 is 12.4 Å². The Hall–Kier alpha value is 0.210. The van der Waals surface area contributed by atoms with Gasteiger partial charge in [0.1, 0.15) is 0 Å². The Kier molecular flexibility index (Phi) is 14.1. The molecule has 0 aromatic rings. The van der Waals surface area contributed by atoms with Crippen molar-refractivity contribution in [1.29, 1.82) is 0 Å². The quantitative estimate of drug-likeness (QED) is 0.307. The fourth-order valence-corrected chi connectivity index (χ4v) is 4.95. The van der Waals surface area contributed by atoms with Gasteiger partial charge in [0.25, 0.3) is 0 Å². The smallest absolute Gasteiger partial charge is 0.0601 e. The number of fused-ring (bicyclic) bond motifs is 3. The van der Waals surface area contributed by atoms with E-state index in [-0.39, 0.29) is 12.4 Å². The van der Waals surface area contributed by atoms with Crippen LogP contribution >= 0.6 is 12.4 Å². The predicted molar refractivity (Wildman–Crippen MR) is 118 cm³/mol. The summed E-state index contributed by atoms with van der Waals surface area (Å²) in [5.74, 6) is 1.02. The van der Waals surface area contributed by atoms with Gasteiger partial charge in [-0.05, 0) is 51.1 Å². The molecule has 0 aromatic heterocycles. The van der Waals surface area contributed by atoms with E-state index in [9.17, 15) is 0 Å². The highest BCUT2D eigenvalue weighted by molar-refractivity contribution is 5.85. The minimum Gasteiger partial charge on any atom is -0.299 e. The summed E-state index contributed by atoms with van der Waals surface area (Å²) in [6, 6.07) is 0.767. The summed E-state index contributed by atoms with van der Waals surface area (Å²) in [6.45, 7) is 7.34. The summed E-state index contributed by atoms with van der Waals surface area (Å²) < 4.78 is 0. The van der Waals surface area contributed by atoms with Crippen molar-refractivity contribution in [2.45, 2.75) is 129 Å². The summed E-state index contributed by atoms with van der Waals surface area (Å²) in [4.78, 5) is 2.72. The Labute approximate surface area is 170 Å². The van der Waals surface area contributed by atoms with Crippen molar-refractivity contribution < 1.29 is 0 Å².